The second kappa shape index (κ2) is 5.37. The van der Waals surface area contributed by atoms with E-state index < -0.39 is 0 Å². The van der Waals surface area contributed by atoms with Crippen molar-refractivity contribution in [2.24, 2.45) is 4.99 Å². The van der Waals surface area contributed by atoms with Gasteiger partial charge in [-0.2, -0.15) is 4.99 Å². The highest BCUT2D eigenvalue weighted by atomic mass is 16.5. The Hall–Kier alpha value is -2.29. The number of aliphatic imine (C=N–C) groups is 1. The summed E-state index contributed by atoms with van der Waals surface area (Å²) in [4.78, 5) is 6.79. The Balaban J connectivity index is 1.99. The van der Waals surface area contributed by atoms with E-state index in [0.29, 0.717) is 6.02 Å². The second-order valence-electron chi connectivity index (χ2n) is 5.00. The van der Waals surface area contributed by atoms with Crippen LogP contribution >= 0.6 is 0 Å². The molecule has 3 rings (SSSR count). The third-order valence-electron chi connectivity index (χ3n) is 3.60. The summed E-state index contributed by atoms with van der Waals surface area (Å²) in [7, 11) is 0. The number of benzene rings is 2. The molecule has 0 spiro atoms. The first-order valence-corrected chi connectivity index (χ1v) is 6.90. The first kappa shape index (κ1) is 12.7. The smallest absolute Gasteiger partial charge is 0.297 e. The zero-order valence-corrected chi connectivity index (χ0v) is 11.7. The Kier molecular flexibility index (Phi) is 3.42. The first-order valence-electron chi connectivity index (χ1n) is 6.90. The highest BCUT2D eigenvalue weighted by molar-refractivity contribution is 5.96. The maximum absolute atomic E-state index is 5.92. The average Bonchev–Trinajstić information content (AvgIpc) is 2.76. The molecule has 20 heavy (non-hydrogen) atoms. The van der Waals surface area contributed by atoms with Gasteiger partial charge in [-0.3, -0.25) is 4.90 Å². The minimum atomic E-state index is 0.123. The molecule has 2 aromatic carbocycles. The van der Waals surface area contributed by atoms with Gasteiger partial charge in [-0.05, 0) is 38.1 Å². The van der Waals surface area contributed by atoms with Crippen molar-refractivity contribution in [1.82, 2.24) is 0 Å². The summed E-state index contributed by atoms with van der Waals surface area (Å²) >= 11 is 0. The molecular weight excluding hydrogens is 248 g/mol. The van der Waals surface area contributed by atoms with Crippen molar-refractivity contribution < 1.29 is 4.74 Å². The van der Waals surface area contributed by atoms with Crippen LogP contribution in [-0.4, -0.2) is 18.2 Å². The second-order valence-corrected chi connectivity index (χ2v) is 5.00. The number of para-hydroxylation sites is 2. The predicted octanol–water partition coefficient (Wildman–Crippen LogP) is 3.99. The third kappa shape index (κ3) is 2.39. The Morgan fingerprint density at radius 2 is 1.50 bits per heavy atom. The van der Waals surface area contributed by atoms with Crippen LogP contribution in [-0.2, 0) is 4.74 Å². The van der Waals surface area contributed by atoms with Crippen molar-refractivity contribution in [2.45, 2.75) is 26.0 Å². The first-order chi connectivity index (χ1) is 9.75. The number of nitrogens with zero attached hydrogens (tertiary/aromatic N) is 2. The van der Waals surface area contributed by atoms with Gasteiger partial charge in [0.25, 0.3) is 6.02 Å². The van der Waals surface area contributed by atoms with E-state index in [4.69, 9.17) is 4.74 Å². The molecule has 3 nitrogen and oxygen atoms in total. The van der Waals surface area contributed by atoms with Gasteiger partial charge < -0.3 is 4.74 Å². The zero-order valence-electron chi connectivity index (χ0n) is 11.7. The van der Waals surface area contributed by atoms with E-state index in [0.717, 1.165) is 11.4 Å². The van der Waals surface area contributed by atoms with E-state index in [-0.39, 0.29) is 12.1 Å². The molecule has 1 aliphatic rings. The lowest BCUT2D eigenvalue weighted by Gasteiger charge is -2.21. The number of anilines is 1. The molecule has 1 aliphatic heterocycles. The summed E-state index contributed by atoms with van der Waals surface area (Å²) in [6, 6.07) is 21.1. The SMILES string of the molecule is C[C@@H]1OC(=Nc2ccccc2)N(c2ccccc2)[C@H]1C. The van der Waals surface area contributed by atoms with E-state index in [1.165, 1.54) is 0 Å². The molecule has 2 atom stereocenters. The van der Waals surface area contributed by atoms with Gasteiger partial charge in [0.15, 0.2) is 0 Å². The predicted molar refractivity (Wildman–Crippen MR) is 82.5 cm³/mol. The van der Waals surface area contributed by atoms with Gasteiger partial charge in [-0.1, -0.05) is 36.4 Å². The molecule has 0 radical (unpaired) electrons. The Morgan fingerprint density at radius 1 is 0.900 bits per heavy atom. The van der Waals surface area contributed by atoms with Crippen LogP contribution in [0, 0.1) is 0 Å². The summed E-state index contributed by atoms with van der Waals surface area (Å²) in [5.41, 5.74) is 2.02. The van der Waals surface area contributed by atoms with Crippen molar-refractivity contribution in [1.29, 1.82) is 0 Å². The van der Waals surface area contributed by atoms with E-state index in [1.807, 2.05) is 48.5 Å². The molecule has 0 saturated carbocycles. The van der Waals surface area contributed by atoms with Crippen molar-refractivity contribution in [2.75, 3.05) is 4.90 Å². The maximum atomic E-state index is 5.92. The highest BCUT2D eigenvalue weighted by Crippen LogP contribution is 2.28. The quantitative estimate of drug-likeness (QED) is 0.821. The topological polar surface area (TPSA) is 24.8 Å². The summed E-state index contributed by atoms with van der Waals surface area (Å²) < 4.78 is 5.92. The zero-order chi connectivity index (χ0) is 13.9. The van der Waals surface area contributed by atoms with E-state index in [2.05, 4.69) is 35.9 Å². The fourth-order valence-corrected chi connectivity index (χ4v) is 2.33. The fraction of sp³-hybridized carbons (Fsp3) is 0.235. The van der Waals surface area contributed by atoms with Crippen molar-refractivity contribution in [3.8, 4) is 0 Å². The number of rotatable bonds is 2. The summed E-state index contributed by atoms with van der Waals surface area (Å²) in [6.07, 6.45) is 0.123. The van der Waals surface area contributed by atoms with Gasteiger partial charge in [-0.15, -0.1) is 0 Å². The van der Waals surface area contributed by atoms with Gasteiger partial charge in [-0.25, -0.2) is 0 Å². The summed E-state index contributed by atoms with van der Waals surface area (Å²) in [5, 5.41) is 0. The van der Waals surface area contributed by atoms with Crippen molar-refractivity contribution >= 4 is 17.4 Å². The van der Waals surface area contributed by atoms with Crippen LogP contribution in [0.4, 0.5) is 11.4 Å². The number of hydrogen-bond acceptors (Lipinski definition) is 2. The van der Waals surface area contributed by atoms with Crippen LogP contribution < -0.4 is 4.90 Å². The molecule has 0 aromatic heterocycles. The Bertz CT molecular complexity index is 595. The Labute approximate surface area is 119 Å². The minimum absolute atomic E-state index is 0.123. The van der Waals surface area contributed by atoms with E-state index in [1.54, 1.807) is 0 Å². The number of hydrogen-bond donors (Lipinski definition) is 0. The molecule has 1 heterocycles. The van der Waals surface area contributed by atoms with Gasteiger partial charge >= 0.3 is 0 Å². The summed E-state index contributed by atoms with van der Waals surface area (Å²) in [5.74, 6) is 0. The minimum Gasteiger partial charge on any atom is -0.459 e. The summed E-state index contributed by atoms with van der Waals surface area (Å²) in [6.45, 7) is 4.24. The molecule has 2 aromatic rings. The van der Waals surface area contributed by atoms with E-state index >= 15 is 0 Å². The van der Waals surface area contributed by atoms with Crippen molar-refractivity contribution in [3.63, 3.8) is 0 Å². The lowest BCUT2D eigenvalue weighted by atomic mass is 10.2. The van der Waals surface area contributed by atoms with Gasteiger partial charge in [0, 0.05) is 5.69 Å². The molecule has 102 valence electrons. The van der Waals surface area contributed by atoms with Crippen LogP contribution in [0.5, 0.6) is 0 Å². The molecule has 0 unspecified atom stereocenters. The molecule has 0 amide bonds. The van der Waals surface area contributed by atoms with Crippen LogP contribution in [0.15, 0.2) is 65.7 Å². The van der Waals surface area contributed by atoms with Gasteiger partial charge in [0.2, 0.25) is 0 Å². The monoisotopic (exact) mass is 266 g/mol. The lowest BCUT2D eigenvalue weighted by Crippen LogP contribution is -2.33. The average molecular weight is 266 g/mol. The normalized spacial score (nSPS) is 23.9. The fourth-order valence-electron chi connectivity index (χ4n) is 2.33. The molecule has 0 bridgehead atoms. The third-order valence-corrected chi connectivity index (χ3v) is 3.60. The van der Waals surface area contributed by atoms with Crippen LogP contribution in [0.25, 0.3) is 0 Å². The van der Waals surface area contributed by atoms with Crippen molar-refractivity contribution in [3.05, 3.63) is 60.7 Å². The molecular formula is C17H18N2O. The molecule has 3 heteroatoms. The largest absolute Gasteiger partial charge is 0.459 e. The Morgan fingerprint density at radius 3 is 2.15 bits per heavy atom. The maximum Gasteiger partial charge on any atom is 0.297 e. The van der Waals surface area contributed by atoms with Gasteiger partial charge in [0.1, 0.15) is 6.10 Å². The standard InChI is InChI=1S/C17H18N2O/c1-13-14(2)20-17(18-15-9-5-3-6-10-15)19(13)16-11-7-4-8-12-16/h3-14H,1-2H3/t13-,14-/m0/s1. The van der Waals surface area contributed by atoms with Crippen LogP contribution in [0.2, 0.25) is 0 Å². The molecule has 0 aliphatic carbocycles. The van der Waals surface area contributed by atoms with Crippen LogP contribution in [0.1, 0.15) is 13.8 Å². The number of amidine groups is 1. The molecule has 1 saturated heterocycles. The van der Waals surface area contributed by atoms with E-state index in [9.17, 15) is 0 Å². The lowest BCUT2D eigenvalue weighted by molar-refractivity contribution is 0.227. The molecule has 1 fully saturated rings. The van der Waals surface area contributed by atoms with Crippen LogP contribution in [0.3, 0.4) is 0 Å². The number of ether oxygens (including phenoxy) is 1. The molecule has 0 N–H and O–H groups in total. The van der Waals surface area contributed by atoms with Gasteiger partial charge in [0.05, 0.1) is 11.7 Å². The highest BCUT2D eigenvalue weighted by Gasteiger charge is 2.35.